The zero-order valence-electron chi connectivity index (χ0n) is 13.6. The zero-order chi connectivity index (χ0) is 16.6. The summed E-state index contributed by atoms with van der Waals surface area (Å²) in [5.41, 5.74) is 0.766. The Labute approximate surface area is 142 Å². The van der Waals surface area contributed by atoms with Crippen LogP contribution in [0.3, 0.4) is 0 Å². The Hall–Kier alpha value is -1.49. The van der Waals surface area contributed by atoms with Crippen LogP contribution in [0.2, 0.25) is 5.15 Å². The van der Waals surface area contributed by atoms with Gasteiger partial charge in [0.25, 0.3) is 0 Å². The van der Waals surface area contributed by atoms with Crippen LogP contribution in [0.15, 0.2) is 18.3 Å². The molecule has 5 nitrogen and oxygen atoms in total. The first kappa shape index (κ1) is 16.4. The number of piperidine rings is 1. The van der Waals surface area contributed by atoms with Gasteiger partial charge in [-0.05, 0) is 63.0 Å². The maximum absolute atomic E-state index is 11.0. The van der Waals surface area contributed by atoms with E-state index in [1.54, 1.807) is 6.20 Å². The normalized spacial score (nSPS) is 27.1. The molecule has 1 saturated carbocycles. The standard InChI is InChI=1S/C17H24ClN3O2/c1-17(2,20-16(22)23)8-14-11-3-4-12(14)10-21(9-11)13-5-6-19-15(18)7-13/h5-7,11-12,14,20H,3-4,8-10H2,1-2H3,(H,22,23)/t11-,12+,14?. The Kier molecular flexibility index (Phi) is 4.41. The van der Waals surface area contributed by atoms with Crippen molar-refractivity contribution < 1.29 is 9.90 Å². The highest BCUT2D eigenvalue weighted by molar-refractivity contribution is 6.29. The van der Waals surface area contributed by atoms with E-state index in [4.69, 9.17) is 16.7 Å². The molecular weight excluding hydrogens is 314 g/mol. The lowest BCUT2D eigenvalue weighted by atomic mass is 9.77. The molecule has 126 valence electrons. The van der Waals surface area contributed by atoms with E-state index >= 15 is 0 Å². The average Bonchev–Trinajstić information content (AvgIpc) is 2.68. The molecule has 1 aromatic heterocycles. The lowest BCUT2D eigenvalue weighted by molar-refractivity contribution is 0.160. The predicted octanol–water partition coefficient (Wildman–Crippen LogP) is 3.63. The van der Waals surface area contributed by atoms with E-state index in [1.165, 1.54) is 12.8 Å². The summed E-state index contributed by atoms with van der Waals surface area (Å²) in [4.78, 5) is 17.4. The number of pyridine rings is 1. The number of aromatic nitrogens is 1. The summed E-state index contributed by atoms with van der Waals surface area (Å²) in [7, 11) is 0. The molecule has 0 spiro atoms. The van der Waals surface area contributed by atoms with Crippen LogP contribution in [-0.2, 0) is 0 Å². The molecule has 23 heavy (non-hydrogen) atoms. The highest BCUT2D eigenvalue weighted by atomic mass is 35.5. The van der Waals surface area contributed by atoms with Crippen LogP contribution in [0.5, 0.6) is 0 Å². The second-order valence-corrected chi connectivity index (χ2v) is 7.91. The number of carboxylic acid groups (broad SMARTS) is 1. The van der Waals surface area contributed by atoms with Crippen LogP contribution in [0.25, 0.3) is 0 Å². The minimum atomic E-state index is -0.939. The summed E-state index contributed by atoms with van der Waals surface area (Å²) in [6.07, 6.45) is 4.18. The van der Waals surface area contributed by atoms with Gasteiger partial charge in [-0.1, -0.05) is 11.6 Å². The minimum absolute atomic E-state index is 0.376. The average molecular weight is 338 g/mol. The maximum Gasteiger partial charge on any atom is 0.405 e. The molecule has 1 unspecified atom stereocenters. The zero-order valence-corrected chi connectivity index (χ0v) is 14.4. The van der Waals surface area contributed by atoms with Gasteiger partial charge in [0.05, 0.1) is 0 Å². The first-order valence-electron chi connectivity index (χ1n) is 8.22. The van der Waals surface area contributed by atoms with Crippen molar-refractivity contribution in [2.24, 2.45) is 17.8 Å². The summed E-state index contributed by atoms with van der Waals surface area (Å²) in [5, 5.41) is 12.2. The van der Waals surface area contributed by atoms with Gasteiger partial charge in [-0.15, -0.1) is 0 Å². The number of rotatable bonds is 4. The van der Waals surface area contributed by atoms with Crippen molar-refractivity contribution >= 4 is 23.4 Å². The molecule has 2 N–H and O–H groups in total. The molecule has 1 aliphatic heterocycles. The Morgan fingerprint density at radius 3 is 2.65 bits per heavy atom. The lowest BCUT2D eigenvalue weighted by Crippen LogP contribution is -2.49. The number of anilines is 1. The number of nitrogens with one attached hydrogen (secondary N) is 1. The first-order valence-corrected chi connectivity index (χ1v) is 8.59. The van der Waals surface area contributed by atoms with E-state index in [0.29, 0.717) is 22.9 Å². The monoisotopic (exact) mass is 337 g/mol. The number of halogens is 1. The van der Waals surface area contributed by atoms with Gasteiger partial charge in [0.15, 0.2) is 0 Å². The molecule has 1 amide bonds. The molecule has 1 saturated heterocycles. The summed E-state index contributed by atoms with van der Waals surface area (Å²) < 4.78 is 0. The third-order valence-electron chi connectivity index (χ3n) is 5.30. The van der Waals surface area contributed by atoms with Crippen molar-refractivity contribution in [1.29, 1.82) is 0 Å². The predicted molar refractivity (Wildman–Crippen MR) is 91.0 cm³/mol. The summed E-state index contributed by atoms with van der Waals surface area (Å²) in [5.74, 6) is 1.83. The maximum atomic E-state index is 11.0. The van der Waals surface area contributed by atoms with E-state index < -0.39 is 6.09 Å². The van der Waals surface area contributed by atoms with Crippen LogP contribution in [0, 0.1) is 17.8 Å². The van der Waals surface area contributed by atoms with Crippen molar-refractivity contribution in [2.75, 3.05) is 18.0 Å². The molecule has 2 fully saturated rings. The van der Waals surface area contributed by atoms with Crippen molar-refractivity contribution in [3.05, 3.63) is 23.5 Å². The number of amides is 1. The molecule has 3 atom stereocenters. The number of nitrogens with zero attached hydrogens (tertiary/aromatic N) is 2. The van der Waals surface area contributed by atoms with Gasteiger partial charge in [0, 0.05) is 30.5 Å². The Morgan fingerprint density at radius 1 is 1.43 bits per heavy atom. The molecular formula is C17H24ClN3O2. The number of carbonyl (C=O) groups is 1. The second kappa shape index (κ2) is 6.19. The van der Waals surface area contributed by atoms with E-state index in [0.717, 1.165) is 25.2 Å². The fraction of sp³-hybridized carbons (Fsp3) is 0.647. The van der Waals surface area contributed by atoms with Crippen LogP contribution in [0.4, 0.5) is 10.5 Å². The van der Waals surface area contributed by atoms with Gasteiger partial charge in [-0.25, -0.2) is 9.78 Å². The second-order valence-electron chi connectivity index (χ2n) is 7.52. The van der Waals surface area contributed by atoms with Crippen molar-refractivity contribution in [3.63, 3.8) is 0 Å². The van der Waals surface area contributed by atoms with E-state index in [2.05, 4.69) is 15.2 Å². The number of fused-ring (bicyclic) bond motifs is 2. The molecule has 1 aromatic rings. The van der Waals surface area contributed by atoms with Gasteiger partial charge >= 0.3 is 6.09 Å². The van der Waals surface area contributed by atoms with Crippen LogP contribution in [-0.4, -0.2) is 34.8 Å². The minimum Gasteiger partial charge on any atom is -0.465 e. The molecule has 6 heteroatoms. The van der Waals surface area contributed by atoms with E-state index in [-0.39, 0.29) is 5.54 Å². The molecule has 1 aliphatic carbocycles. The van der Waals surface area contributed by atoms with Crippen LogP contribution >= 0.6 is 11.6 Å². The quantitative estimate of drug-likeness (QED) is 0.823. The Balaban J connectivity index is 1.69. The molecule has 2 heterocycles. The highest BCUT2D eigenvalue weighted by Crippen LogP contribution is 2.46. The Morgan fingerprint density at radius 2 is 2.09 bits per heavy atom. The largest absolute Gasteiger partial charge is 0.465 e. The number of hydrogen-bond acceptors (Lipinski definition) is 3. The molecule has 2 bridgehead atoms. The van der Waals surface area contributed by atoms with Gasteiger partial charge < -0.3 is 15.3 Å². The van der Waals surface area contributed by atoms with Gasteiger partial charge in [-0.2, -0.15) is 0 Å². The topological polar surface area (TPSA) is 65.5 Å². The van der Waals surface area contributed by atoms with Crippen molar-refractivity contribution in [3.8, 4) is 0 Å². The summed E-state index contributed by atoms with van der Waals surface area (Å²) in [6.45, 7) is 6.00. The lowest BCUT2D eigenvalue weighted by Gasteiger charge is -2.42. The smallest absolute Gasteiger partial charge is 0.405 e. The van der Waals surface area contributed by atoms with Crippen LogP contribution < -0.4 is 10.2 Å². The van der Waals surface area contributed by atoms with Crippen molar-refractivity contribution in [2.45, 2.75) is 38.6 Å². The molecule has 0 radical (unpaired) electrons. The molecule has 3 rings (SSSR count). The fourth-order valence-corrected chi connectivity index (χ4v) is 4.57. The molecule has 0 aromatic carbocycles. The van der Waals surface area contributed by atoms with Crippen LogP contribution in [0.1, 0.15) is 33.1 Å². The SMILES string of the molecule is CC(C)(CC1[C@@H]2CC[C@H]1CN(c1ccnc(Cl)c1)C2)NC(=O)O. The van der Waals surface area contributed by atoms with Crippen molar-refractivity contribution in [1.82, 2.24) is 10.3 Å². The first-order chi connectivity index (χ1) is 10.8. The van der Waals surface area contributed by atoms with E-state index in [9.17, 15) is 4.79 Å². The third kappa shape index (κ3) is 3.71. The fourth-order valence-electron chi connectivity index (χ4n) is 4.40. The van der Waals surface area contributed by atoms with E-state index in [1.807, 2.05) is 26.0 Å². The van der Waals surface area contributed by atoms with Gasteiger partial charge in [-0.3, -0.25) is 0 Å². The third-order valence-corrected chi connectivity index (χ3v) is 5.50. The summed E-state index contributed by atoms with van der Waals surface area (Å²) in [6, 6.07) is 3.94. The van der Waals surface area contributed by atoms with Gasteiger partial charge in [0.1, 0.15) is 5.15 Å². The number of hydrogen-bond donors (Lipinski definition) is 2. The Bertz CT molecular complexity index is 579. The highest BCUT2D eigenvalue weighted by Gasteiger charge is 2.44. The van der Waals surface area contributed by atoms with Gasteiger partial charge in [0.2, 0.25) is 0 Å². The summed E-state index contributed by atoms with van der Waals surface area (Å²) >= 11 is 6.02. The molecule has 2 aliphatic rings.